The Bertz CT molecular complexity index is 643. The van der Waals surface area contributed by atoms with Crippen molar-refractivity contribution in [3.8, 4) is 5.75 Å². The van der Waals surface area contributed by atoms with Crippen LogP contribution in [-0.2, 0) is 0 Å². The molecule has 0 spiro atoms. The van der Waals surface area contributed by atoms with Gasteiger partial charge in [0.2, 0.25) is 0 Å². The van der Waals surface area contributed by atoms with Crippen molar-refractivity contribution in [3.05, 3.63) is 35.7 Å². The van der Waals surface area contributed by atoms with E-state index in [9.17, 15) is 4.79 Å². The summed E-state index contributed by atoms with van der Waals surface area (Å²) in [5, 5.41) is 21.2. The van der Waals surface area contributed by atoms with Crippen LogP contribution < -0.4 is 5.73 Å². The Morgan fingerprint density at radius 3 is 2.42 bits per heavy atom. The Morgan fingerprint density at radius 2 is 1.89 bits per heavy atom. The number of aryl methyl sites for hydroxylation is 1. The van der Waals surface area contributed by atoms with Gasteiger partial charge in [-0.05, 0) is 38.1 Å². The van der Waals surface area contributed by atoms with Crippen LogP contribution in [0.25, 0.3) is 0 Å². The number of rotatable bonds is 2. The molecule has 0 aliphatic rings. The molecule has 0 aliphatic carbocycles. The first kappa shape index (κ1) is 12.7. The molecule has 1 aromatic carbocycles. The van der Waals surface area contributed by atoms with Crippen molar-refractivity contribution >= 4 is 17.4 Å². The highest BCUT2D eigenvalue weighted by Gasteiger charge is 2.13. The summed E-state index contributed by atoms with van der Waals surface area (Å²) in [5.74, 6) is 0.160. The van der Waals surface area contributed by atoms with Crippen LogP contribution in [0.5, 0.6) is 5.75 Å². The third-order valence-electron chi connectivity index (χ3n) is 2.58. The molecule has 3 N–H and O–H groups in total. The van der Waals surface area contributed by atoms with Crippen LogP contribution in [0.4, 0.5) is 16.2 Å². The summed E-state index contributed by atoms with van der Waals surface area (Å²) in [6, 6.07) is 5.62. The van der Waals surface area contributed by atoms with Gasteiger partial charge in [0.1, 0.15) is 11.4 Å². The van der Waals surface area contributed by atoms with Gasteiger partial charge in [0.25, 0.3) is 0 Å². The lowest BCUT2D eigenvalue weighted by Gasteiger charge is -1.96. The molecular weight excluding hydrogens is 246 g/mol. The zero-order valence-electron chi connectivity index (χ0n) is 10.5. The third-order valence-corrected chi connectivity index (χ3v) is 2.58. The largest absolute Gasteiger partial charge is 0.508 e. The zero-order chi connectivity index (χ0) is 14.0. The number of carbonyl (C=O) groups excluding carboxylic acids is 1. The highest BCUT2D eigenvalue weighted by atomic mass is 16.3. The Balaban J connectivity index is 2.33. The SMILES string of the molecule is Cc1nn(C(N)=O)c(C)c1N=Nc1ccc(O)cc1. The van der Waals surface area contributed by atoms with E-state index in [0.717, 1.165) is 4.68 Å². The number of nitrogens with zero attached hydrogens (tertiary/aromatic N) is 4. The van der Waals surface area contributed by atoms with Gasteiger partial charge in [-0.15, -0.1) is 5.11 Å². The maximum absolute atomic E-state index is 11.1. The minimum atomic E-state index is -0.660. The number of hydrogen-bond donors (Lipinski definition) is 2. The number of aromatic nitrogens is 2. The Hall–Kier alpha value is -2.70. The smallest absolute Gasteiger partial charge is 0.339 e. The predicted molar refractivity (Wildman–Crippen MR) is 69.0 cm³/mol. The van der Waals surface area contributed by atoms with Crippen LogP contribution in [-0.4, -0.2) is 20.9 Å². The normalized spacial score (nSPS) is 11.1. The van der Waals surface area contributed by atoms with Crippen molar-refractivity contribution in [2.75, 3.05) is 0 Å². The van der Waals surface area contributed by atoms with Gasteiger partial charge >= 0.3 is 6.03 Å². The number of nitrogens with two attached hydrogens (primary N) is 1. The first-order valence-corrected chi connectivity index (χ1v) is 5.56. The number of carbonyl (C=O) groups is 1. The number of aromatic hydroxyl groups is 1. The Kier molecular flexibility index (Phi) is 3.28. The minimum Gasteiger partial charge on any atom is -0.508 e. The highest BCUT2D eigenvalue weighted by molar-refractivity contribution is 5.76. The molecule has 98 valence electrons. The second kappa shape index (κ2) is 4.89. The van der Waals surface area contributed by atoms with Crippen molar-refractivity contribution < 1.29 is 9.90 Å². The monoisotopic (exact) mass is 259 g/mol. The second-order valence-electron chi connectivity index (χ2n) is 3.99. The summed E-state index contributed by atoms with van der Waals surface area (Å²) >= 11 is 0. The molecule has 1 aromatic heterocycles. The topological polar surface area (TPSA) is 106 Å². The minimum absolute atomic E-state index is 0.160. The summed E-state index contributed by atoms with van der Waals surface area (Å²) in [6.07, 6.45) is 0. The number of hydrogen-bond acceptors (Lipinski definition) is 5. The maximum atomic E-state index is 11.1. The van der Waals surface area contributed by atoms with Gasteiger partial charge < -0.3 is 10.8 Å². The molecule has 19 heavy (non-hydrogen) atoms. The van der Waals surface area contributed by atoms with E-state index in [0.29, 0.717) is 22.8 Å². The molecule has 7 nitrogen and oxygen atoms in total. The van der Waals surface area contributed by atoms with Crippen molar-refractivity contribution in [2.24, 2.45) is 16.0 Å². The zero-order valence-corrected chi connectivity index (χ0v) is 10.5. The molecule has 0 saturated heterocycles. The number of phenols is 1. The predicted octanol–water partition coefficient (Wildman–Crippen LogP) is 2.55. The lowest BCUT2D eigenvalue weighted by atomic mass is 10.3. The molecule has 0 aliphatic heterocycles. The van der Waals surface area contributed by atoms with Crippen LogP contribution in [0.2, 0.25) is 0 Å². The van der Waals surface area contributed by atoms with Crippen LogP contribution in [0.3, 0.4) is 0 Å². The molecule has 0 unspecified atom stereocenters. The fourth-order valence-corrected chi connectivity index (χ4v) is 1.62. The standard InChI is InChI=1S/C12H13N5O2/c1-7-11(8(2)17(16-7)12(13)19)15-14-9-3-5-10(18)6-4-9/h3-6,18H,1-2H3,(H2,13,19). The van der Waals surface area contributed by atoms with E-state index < -0.39 is 6.03 Å². The fourth-order valence-electron chi connectivity index (χ4n) is 1.62. The summed E-state index contributed by atoms with van der Waals surface area (Å²) < 4.78 is 1.08. The van der Waals surface area contributed by atoms with E-state index in [1.807, 2.05) is 0 Å². The van der Waals surface area contributed by atoms with Gasteiger partial charge in [0, 0.05) is 0 Å². The van der Waals surface area contributed by atoms with E-state index >= 15 is 0 Å². The lowest BCUT2D eigenvalue weighted by Crippen LogP contribution is -2.21. The Labute approximate surface area is 109 Å². The molecule has 7 heteroatoms. The van der Waals surface area contributed by atoms with Gasteiger partial charge in [-0.3, -0.25) is 0 Å². The molecule has 0 fully saturated rings. The molecule has 2 rings (SSSR count). The van der Waals surface area contributed by atoms with E-state index in [-0.39, 0.29) is 5.75 Å². The van der Waals surface area contributed by atoms with E-state index in [4.69, 9.17) is 10.8 Å². The summed E-state index contributed by atoms with van der Waals surface area (Å²) in [6.45, 7) is 3.41. The number of azo groups is 1. The van der Waals surface area contributed by atoms with Crippen LogP contribution >= 0.6 is 0 Å². The molecule has 0 saturated carbocycles. The molecule has 2 aromatic rings. The fraction of sp³-hybridized carbons (Fsp3) is 0.167. The highest BCUT2D eigenvalue weighted by Crippen LogP contribution is 2.25. The van der Waals surface area contributed by atoms with Crippen LogP contribution in [0.15, 0.2) is 34.5 Å². The lowest BCUT2D eigenvalue weighted by molar-refractivity contribution is 0.247. The van der Waals surface area contributed by atoms with E-state index in [1.165, 1.54) is 12.1 Å². The van der Waals surface area contributed by atoms with Crippen molar-refractivity contribution in [3.63, 3.8) is 0 Å². The number of amides is 1. The van der Waals surface area contributed by atoms with Crippen molar-refractivity contribution in [2.45, 2.75) is 13.8 Å². The van der Waals surface area contributed by atoms with E-state index in [1.54, 1.807) is 26.0 Å². The van der Waals surface area contributed by atoms with Gasteiger partial charge in [0.15, 0.2) is 0 Å². The number of primary amides is 1. The molecule has 0 radical (unpaired) electrons. The molecule has 0 atom stereocenters. The van der Waals surface area contributed by atoms with E-state index in [2.05, 4.69) is 15.3 Å². The average Bonchev–Trinajstić information content (AvgIpc) is 2.65. The molecule has 0 bridgehead atoms. The summed E-state index contributed by atoms with van der Waals surface area (Å²) in [4.78, 5) is 11.1. The maximum Gasteiger partial charge on any atom is 0.339 e. The first-order valence-electron chi connectivity index (χ1n) is 5.56. The number of phenolic OH excluding ortho intramolecular Hbond substituents is 1. The summed E-state index contributed by atoms with van der Waals surface area (Å²) in [5.41, 5.74) is 7.38. The summed E-state index contributed by atoms with van der Waals surface area (Å²) in [7, 11) is 0. The third kappa shape index (κ3) is 2.59. The van der Waals surface area contributed by atoms with Crippen LogP contribution in [0, 0.1) is 13.8 Å². The van der Waals surface area contributed by atoms with Gasteiger partial charge in [-0.1, -0.05) is 0 Å². The first-order chi connectivity index (χ1) is 8.99. The molecule has 1 amide bonds. The molecule has 1 heterocycles. The molecular formula is C12H13N5O2. The average molecular weight is 259 g/mol. The van der Waals surface area contributed by atoms with Gasteiger partial charge in [-0.2, -0.15) is 14.9 Å². The Morgan fingerprint density at radius 1 is 1.26 bits per heavy atom. The van der Waals surface area contributed by atoms with Crippen molar-refractivity contribution in [1.29, 1.82) is 0 Å². The quantitative estimate of drug-likeness (QED) is 0.809. The number of benzene rings is 1. The van der Waals surface area contributed by atoms with Crippen molar-refractivity contribution in [1.82, 2.24) is 9.78 Å². The second-order valence-corrected chi connectivity index (χ2v) is 3.99. The van der Waals surface area contributed by atoms with Crippen LogP contribution in [0.1, 0.15) is 11.4 Å². The van der Waals surface area contributed by atoms with Gasteiger partial charge in [0.05, 0.1) is 17.1 Å². The van der Waals surface area contributed by atoms with Gasteiger partial charge in [-0.25, -0.2) is 4.79 Å².